The molecule has 2 nitrogen and oxygen atoms in total. The zero-order valence-corrected chi connectivity index (χ0v) is 14.6. The maximum Gasteiger partial charge on any atom is 0.136 e. The zero-order valence-electron chi connectivity index (χ0n) is 14.6. The minimum Gasteiger partial charge on any atom is -0.456 e. The molecule has 0 radical (unpaired) electrons. The van der Waals surface area contributed by atoms with Gasteiger partial charge in [-0.15, -0.1) is 0 Å². The topological polar surface area (TPSA) is 26.3 Å². The van der Waals surface area contributed by atoms with Crippen molar-refractivity contribution in [1.29, 1.82) is 0 Å². The number of hydrogen-bond acceptors (Lipinski definition) is 2. The van der Waals surface area contributed by atoms with Gasteiger partial charge >= 0.3 is 0 Å². The molecule has 0 fully saturated rings. The quantitative estimate of drug-likeness (QED) is 0.205. The van der Waals surface area contributed by atoms with Crippen LogP contribution < -0.4 is 0 Å². The molecule has 0 unspecified atom stereocenters. The SMILES string of the molecule is c1cc2cc3oc4cc5cccc6cc7oc8cc(c1)c2c1c3c4c(c56)c7c81. The molecule has 0 saturated carbocycles. The van der Waals surface area contributed by atoms with E-state index in [-0.39, 0.29) is 0 Å². The Morgan fingerprint density at radius 3 is 1.00 bits per heavy atom. The standard InChI is InChI=1S/C26H10O2/c1-3-11-7-15-21-23-17(27-15)9-13-5-2-6-14-10-18-24(26(23)20(13)14)22-16(28-18)8-12(4-1)19(11)25(21)22/h1-10H. The number of hydrogen-bond donors (Lipinski definition) is 0. The minimum atomic E-state index is 0.971. The number of furan rings is 2. The molecule has 0 spiro atoms. The normalized spacial score (nSPS) is 13.7. The second kappa shape index (κ2) is 3.63. The van der Waals surface area contributed by atoms with Gasteiger partial charge in [-0.25, -0.2) is 0 Å². The van der Waals surface area contributed by atoms with Gasteiger partial charge in [-0.1, -0.05) is 36.4 Å². The third-order valence-electron chi connectivity index (χ3n) is 6.83. The van der Waals surface area contributed by atoms with Crippen molar-refractivity contribution in [3.8, 4) is 0 Å². The van der Waals surface area contributed by atoms with Gasteiger partial charge in [0.1, 0.15) is 22.3 Å². The van der Waals surface area contributed by atoms with Crippen LogP contribution in [0, 0.1) is 0 Å². The molecule has 7 aromatic carbocycles. The Labute approximate surface area is 156 Å². The third-order valence-corrected chi connectivity index (χ3v) is 6.83. The Morgan fingerprint density at radius 1 is 0.357 bits per heavy atom. The highest BCUT2D eigenvalue weighted by Gasteiger charge is 2.27. The predicted molar refractivity (Wildman–Crippen MR) is 116 cm³/mol. The van der Waals surface area contributed by atoms with Crippen LogP contribution in [0.15, 0.2) is 69.5 Å². The molecule has 9 aromatic rings. The first kappa shape index (κ1) is 12.6. The van der Waals surface area contributed by atoms with Gasteiger partial charge in [-0.3, -0.25) is 0 Å². The van der Waals surface area contributed by atoms with Crippen molar-refractivity contribution in [2.75, 3.05) is 0 Å². The molecule has 0 aliphatic carbocycles. The van der Waals surface area contributed by atoms with Gasteiger partial charge in [0.25, 0.3) is 0 Å². The fourth-order valence-electron chi connectivity index (χ4n) is 5.88. The van der Waals surface area contributed by atoms with Gasteiger partial charge in [0, 0.05) is 32.3 Å². The summed E-state index contributed by atoms with van der Waals surface area (Å²) in [7, 11) is 0. The minimum absolute atomic E-state index is 0.971. The summed E-state index contributed by atoms with van der Waals surface area (Å²) in [4.78, 5) is 0. The fourth-order valence-corrected chi connectivity index (χ4v) is 5.88. The second-order valence-electron chi connectivity index (χ2n) is 8.11. The molecule has 2 heteroatoms. The van der Waals surface area contributed by atoms with Crippen LogP contribution in [0.1, 0.15) is 0 Å². The van der Waals surface area contributed by atoms with E-state index in [9.17, 15) is 0 Å². The Kier molecular flexibility index (Phi) is 1.63. The van der Waals surface area contributed by atoms with Crippen LogP contribution in [0.2, 0.25) is 0 Å². The second-order valence-corrected chi connectivity index (χ2v) is 8.11. The van der Waals surface area contributed by atoms with E-state index < -0.39 is 0 Å². The Morgan fingerprint density at radius 2 is 0.679 bits per heavy atom. The van der Waals surface area contributed by atoms with Crippen molar-refractivity contribution in [3.63, 3.8) is 0 Å². The van der Waals surface area contributed by atoms with E-state index in [1.165, 1.54) is 64.6 Å². The Balaban J connectivity index is 1.88. The van der Waals surface area contributed by atoms with Crippen molar-refractivity contribution in [2.45, 2.75) is 0 Å². The van der Waals surface area contributed by atoms with E-state index >= 15 is 0 Å². The van der Waals surface area contributed by atoms with Gasteiger partial charge in [-0.2, -0.15) is 0 Å². The zero-order chi connectivity index (χ0) is 17.7. The van der Waals surface area contributed by atoms with Crippen LogP contribution in [0.4, 0.5) is 0 Å². The van der Waals surface area contributed by atoms with Crippen molar-refractivity contribution in [3.05, 3.63) is 60.7 Å². The van der Waals surface area contributed by atoms with Crippen LogP contribution in [0.25, 0.3) is 87.0 Å². The summed E-state index contributed by atoms with van der Waals surface area (Å²) in [6, 6.07) is 21.8. The highest BCUT2D eigenvalue weighted by atomic mass is 16.3. The molecule has 0 aliphatic rings. The van der Waals surface area contributed by atoms with Gasteiger partial charge < -0.3 is 8.83 Å². The molecule has 28 heavy (non-hydrogen) atoms. The monoisotopic (exact) mass is 354 g/mol. The van der Waals surface area contributed by atoms with E-state index in [0.29, 0.717) is 0 Å². The smallest absolute Gasteiger partial charge is 0.136 e. The van der Waals surface area contributed by atoms with Gasteiger partial charge in [-0.05, 0) is 56.6 Å². The molecule has 9 rings (SSSR count). The van der Waals surface area contributed by atoms with Crippen LogP contribution in [-0.4, -0.2) is 0 Å². The lowest BCUT2D eigenvalue weighted by atomic mass is 9.85. The molecule has 0 aliphatic heterocycles. The summed E-state index contributed by atoms with van der Waals surface area (Å²) in [5, 5.41) is 15.1. The highest BCUT2D eigenvalue weighted by Crippen LogP contribution is 2.53. The van der Waals surface area contributed by atoms with Crippen LogP contribution in [0.5, 0.6) is 0 Å². The lowest BCUT2D eigenvalue weighted by molar-refractivity contribution is 0.670. The summed E-state index contributed by atoms with van der Waals surface area (Å²) in [5.74, 6) is 0. The van der Waals surface area contributed by atoms with Crippen LogP contribution in [0.3, 0.4) is 0 Å². The molecular formula is C26H10O2. The van der Waals surface area contributed by atoms with Crippen molar-refractivity contribution in [2.24, 2.45) is 0 Å². The lowest BCUT2D eigenvalue weighted by Crippen LogP contribution is -1.88. The molecule has 0 amide bonds. The lowest BCUT2D eigenvalue weighted by Gasteiger charge is -2.14. The molecular weight excluding hydrogens is 344 g/mol. The van der Waals surface area contributed by atoms with Crippen molar-refractivity contribution < 1.29 is 8.83 Å². The molecule has 0 N–H and O–H groups in total. The first-order valence-electron chi connectivity index (χ1n) is 9.61. The van der Waals surface area contributed by atoms with Crippen molar-refractivity contribution in [1.82, 2.24) is 0 Å². The van der Waals surface area contributed by atoms with E-state index in [4.69, 9.17) is 8.83 Å². The van der Waals surface area contributed by atoms with E-state index in [0.717, 1.165) is 22.3 Å². The maximum atomic E-state index is 6.44. The Hall–Kier alpha value is -3.78. The first-order chi connectivity index (χ1) is 13.9. The van der Waals surface area contributed by atoms with E-state index in [1.807, 2.05) is 0 Å². The third kappa shape index (κ3) is 1.08. The summed E-state index contributed by atoms with van der Waals surface area (Å²) >= 11 is 0. The number of rotatable bonds is 0. The van der Waals surface area contributed by atoms with Crippen molar-refractivity contribution >= 4 is 87.0 Å². The summed E-state index contributed by atoms with van der Waals surface area (Å²) < 4.78 is 12.9. The summed E-state index contributed by atoms with van der Waals surface area (Å²) in [6.45, 7) is 0. The maximum absolute atomic E-state index is 6.44. The molecule has 2 heterocycles. The van der Waals surface area contributed by atoms with E-state index in [1.54, 1.807) is 0 Å². The highest BCUT2D eigenvalue weighted by molar-refractivity contribution is 6.48. The average molecular weight is 354 g/mol. The summed E-state index contributed by atoms with van der Waals surface area (Å²) in [6.07, 6.45) is 0. The molecule has 0 saturated heterocycles. The molecule has 0 bridgehead atoms. The Bertz CT molecular complexity index is 1740. The molecule has 2 aromatic heterocycles. The van der Waals surface area contributed by atoms with Gasteiger partial charge in [0.05, 0.1) is 0 Å². The molecule has 126 valence electrons. The predicted octanol–water partition coefficient (Wildman–Crippen LogP) is 7.85. The number of benzene rings is 7. The van der Waals surface area contributed by atoms with Crippen LogP contribution >= 0.6 is 0 Å². The summed E-state index contributed by atoms with van der Waals surface area (Å²) in [5.41, 5.74) is 3.88. The average Bonchev–Trinajstić information content (AvgIpc) is 3.26. The fraction of sp³-hybridized carbons (Fsp3) is 0. The van der Waals surface area contributed by atoms with Gasteiger partial charge in [0.2, 0.25) is 0 Å². The largest absolute Gasteiger partial charge is 0.456 e. The van der Waals surface area contributed by atoms with E-state index in [2.05, 4.69) is 60.7 Å². The van der Waals surface area contributed by atoms with Gasteiger partial charge in [0.15, 0.2) is 0 Å². The van der Waals surface area contributed by atoms with Crippen LogP contribution in [-0.2, 0) is 0 Å². The molecule has 0 atom stereocenters. The first-order valence-corrected chi connectivity index (χ1v) is 9.61.